The number of benzene rings is 2. The van der Waals surface area contributed by atoms with E-state index in [-0.39, 0.29) is 29.0 Å². The summed E-state index contributed by atoms with van der Waals surface area (Å²) in [4.78, 5) is 66.9. The lowest BCUT2D eigenvalue weighted by molar-refractivity contribution is -0.121. The van der Waals surface area contributed by atoms with E-state index < -0.39 is 36.3 Å². The van der Waals surface area contributed by atoms with Crippen LogP contribution in [0.15, 0.2) is 73.1 Å². The van der Waals surface area contributed by atoms with E-state index in [4.69, 9.17) is 9.47 Å². The van der Waals surface area contributed by atoms with E-state index in [0.29, 0.717) is 11.3 Å². The molecule has 188 valence electrons. The van der Waals surface area contributed by atoms with Crippen molar-refractivity contribution < 1.29 is 33.4 Å². The minimum absolute atomic E-state index is 0.142. The molecule has 0 bridgehead atoms. The normalized spacial score (nSPS) is 14.8. The highest BCUT2D eigenvalue weighted by molar-refractivity contribution is 6.22. The number of pyridine rings is 1. The zero-order chi connectivity index (χ0) is 26.4. The average molecular weight is 502 g/mol. The predicted molar refractivity (Wildman–Crippen MR) is 130 cm³/mol. The third kappa shape index (κ3) is 5.85. The monoisotopic (exact) mass is 502 g/mol. The number of anilines is 1. The number of hydrazine groups is 1. The van der Waals surface area contributed by atoms with Gasteiger partial charge in [-0.1, -0.05) is 0 Å². The number of esters is 1. The Bertz CT molecular complexity index is 1330. The second-order valence-corrected chi connectivity index (χ2v) is 7.94. The number of amides is 3. The fourth-order valence-electron chi connectivity index (χ4n) is 3.56. The number of carbonyl (C=O) groups excluding carboxylic acids is 5. The molecule has 11 nitrogen and oxygen atoms in total. The summed E-state index contributed by atoms with van der Waals surface area (Å²) in [5.41, 5.74) is 6.04. The molecule has 4 rings (SSSR count). The number of hydrogen-bond acceptors (Lipinski definition) is 9. The molecule has 0 saturated carbocycles. The highest BCUT2D eigenvalue weighted by Crippen LogP contribution is 2.23. The van der Waals surface area contributed by atoms with Crippen molar-refractivity contribution in [3.05, 3.63) is 89.7 Å². The summed E-state index contributed by atoms with van der Waals surface area (Å²) < 4.78 is 10.1. The van der Waals surface area contributed by atoms with Gasteiger partial charge in [0.2, 0.25) is 5.91 Å². The second kappa shape index (κ2) is 11.2. The predicted octanol–water partition coefficient (Wildman–Crippen LogP) is 1.70. The number of imide groups is 1. The van der Waals surface area contributed by atoms with Crippen molar-refractivity contribution >= 4 is 35.2 Å². The first-order chi connectivity index (χ1) is 17.9. The molecule has 11 heteroatoms. The largest absolute Gasteiger partial charge is 0.497 e. The van der Waals surface area contributed by atoms with Crippen LogP contribution in [-0.4, -0.2) is 54.2 Å². The lowest BCUT2D eigenvalue weighted by Crippen LogP contribution is -2.48. The first-order valence-electron chi connectivity index (χ1n) is 11.1. The minimum Gasteiger partial charge on any atom is -0.497 e. The average Bonchev–Trinajstić information content (AvgIpc) is 3.23. The molecule has 0 aliphatic carbocycles. The highest BCUT2D eigenvalue weighted by atomic mass is 16.5. The number of nitrogens with one attached hydrogen (secondary N) is 2. The van der Waals surface area contributed by atoms with Crippen LogP contribution >= 0.6 is 0 Å². The van der Waals surface area contributed by atoms with E-state index in [1.807, 2.05) is 0 Å². The zero-order valence-electron chi connectivity index (χ0n) is 19.7. The summed E-state index contributed by atoms with van der Waals surface area (Å²) in [5.74, 6) is -2.05. The van der Waals surface area contributed by atoms with Crippen molar-refractivity contribution in [2.45, 2.75) is 12.5 Å². The van der Waals surface area contributed by atoms with Gasteiger partial charge in [0.15, 0.2) is 12.4 Å². The zero-order valence-corrected chi connectivity index (χ0v) is 19.7. The standard InChI is InChI=1S/C26H22N4O7/c1-36-20-10-6-16(7-11-20)22(31)15-37-26(35)17-4-8-19(9-5-17)30-23(32)13-21(25(30)34)28-29-24(33)18-3-2-12-27-14-18/h2-12,14,21,28H,13,15H2,1H3,(H,29,33). The summed E-state index contributed by atoms with van der Waals surface area (Å²) in [6, 6.07) is 14.2. The van der Waals surface area contributed by atoms with Crippen molar-refractivity contribution in [2.75, 3.05) is 18.6 Å². The molecule has 3 amide bonds. The molecule has 1 fully saturated rings. The van der Waals surface area contributed by atoms with Crippen LogP contribution in [0.1, 0.15) is 37.5 Å². The van der Waals surface area contributed by atoms with Crippen LogP contribution < -0.4 is 20.5 Å². The van der Waals surface area contributed by atoms with Crippen LogP contribution in [0.3, 0.4) is 0 Å². The number of methoxy groups -OCH3 is 1. The summed E-state index contributed by atoms with van der Waals surface area (Å²) >= 11 is 0. The Morgan fingerprint density at radius 1 is 0.973 bits per heavy atom. The molecule has 0 radical (unpaired) electrons. The van der Waals surface area contributed by atoms with E-state index in [9.17, 15) is 24.0 Å². The van der Waals surface area contributed by atoms with E-state index >= 15 is 0 Å². The molecule has 1 aliphatic heterocycles. The van der Waals surface area contributed by atoms with E-state index in [1.165, 1.54) is 43.8 Å². The van der Waals surface area contributed by atoms with Crippen LogP contribution in [0.2, 0.25) is 0 Å². The number of nitrogens with zero attached hydrogens (tertiary/aromatic N) is 2. The molecule has 1 saturated heterocycles. The van der Waals surface area contributed by atoms with Crippen LogP contribution in [0.4, 0.5) is 5.69 Å². The van der Waals surface area contributed by atoms with Crippen molar-refractivity contribution in [3.8, 4) is 5.75 Å². The number of ketones is 1. The smallest absolute Gasteiger partial charge is 0.338 e. The van der Waals surface area contributed by atoms with Gasteiger partial charge in [-0.3, -0.25) is 29.6 Å². The molecule has 1 aromatic heterocycles. The van der Waals surface area contributed by atoms with Crippen LogP contribution in [0, 0.1) is 0 Å². The summed E-state index contributed by atoms with van der Waals surface area (Å²) in [5, 5.41) is 0. The van der Waals surface area contributed by atoms with Gasteiger partial charge in [-0.05, 0) is 60.7 Å². The lowest BCUT2D eigenvalue weighted by atomic mass is 10.1. The molecule has 0 spiro atoms. The van der Waals surface area contributed by atoms with Crippen molar-refractivity contribution in [3.63, 3.8) is 0 Å². The van der Waals surface area contributed by atoms with E-state index in [0.717, 1.165) is 4.90 Å². The molecular weight excluding hydrogens is 480 g/mol. The third-order valence-electron chi connectivity index (χ3n) is 5.54. The minimum atomic E-state index is -0.957. The van der Waals surface area contributed by atoms with Crippen molar-refractivity contribution in [1.29, 1.82) is 0 Å². The number of hydrogen-bond donors (Lipinski definition) is 2. The number of rotatable bonds is 9. The van der Waals surface area contributed by atoms with E-state index in [1.54, 1.807) is 36.4 Å². The third-order valence-corrected chi connectivity index (χ3v) is 5.54. The second-order valence-electron chi connectivity index (χ2n) is 7.94. The Balaban J connectivity index is 1.32. The quantitative estimate of drug-likeness (QED) is 0.193. The number of ether oxygens (including phenoxy) is 2. The van der Waals surface area contributed by atoms with Gasteiger partial charge in [0, 0.05) is 18.0 Å². The molecule has 1 aliphatic rings. The van der Waals surface area contributed by atoms with Gasteiger partial charge in [-0.15, -0.1) is 0 Å². The summed E-state index contributed by atoms with van der Waals surface area (Å²) in [6.07, 6.45) is 2.73. The lowest BCUT2D eigenvalue weighted by Gasteiger charge is -2.16. The maximum absolute atomic E-state index is 12.8. The van der Waals surface area contributed by atoms with Crippen molar-refractivity contribution in [1.82, 2.24) is 15.8 Å². The Morgan fingerprint density at radius 2 is 1.68 bits per heavy atom. The Morgan fingerprint density at radius 3 is 2.32 bits per heavy atom. The van der Waals surface area contributed by atoms with Crippen molar-refractivity contribution in [2.24, 2.45) is 0 Å². The van der Waals surface area contributed by atoms with Gasteiger partial charge < -0.3 is 9.47 Å². The SMILES string of the molecule is COc1ccc(C(=O)COC(=O)c2ccc(N3C(=O)CC(NNC(=O)c4cccnc4)C3=O)cc2)cc1. The number of Topliss-reactive ketones (excluding diaryl/α,β-unsaturated/α-hetero) is 1. The molecular formula is C26H22N4O7. The Labute approximate surface area is 211 Å². The van der Waals surface area contributed by atoms with Gasteiger partial charge in [0.1, 0.15) is 11.8 Å². The molecule has 2 N–H and O–H groups in total. The first kappa shape index (κ1) is 25.2. The number of carbonyl (C=O) groups is 5. The summed E-state index contributed by atoms with van der Waals surface area (Å²) in [6.45, 7) is -0.450. The van der Waals surface area contributed by atoms with Crippen LogP contribution in [-0.2, 0) is 14.3 Å². The first-order valence-corrected chi connectivity index (χ1v) is 11.1. The Kier molecular flexibility index (Phi) is 7.65. The topological polar surface area (TPSA) is 144 Å². The highest BCUT2D eigenvalue weighted by Gasteiger charge is 2.39. The fraction of sp³-hybridized carbons (Fsp3) is 0.154. The van der Waals surface area contributed by atoms with Crippen LogP contribution in [0.25, 0.3) is 0 Å². The molecule has 2 aromatic carbocycles. The molecule has 1 unspecified atom stereocenters. The van der Waals surface area contributed by atoms with Crippen LogP contribution in [0.5, 0.6) is 5.75 Å². The number of aromatic nitrogens is 1. The van der Waals surface area contributed by atoms with Gasteiger partial charge in [0.25, 0.3) is 11.8 Å². The molecule has 1 atom stereocenters. The van der Waals surface area contributed by atoms with Gasteiger partial charge >= 0.3 is 5.97 Å². The van der Waals surface area contributed by atoms with E-state index in [2.05, 4.69) is 15.8 Å². The molecule has 2 heterocycles. The summed E-state index contributed by atoms with van der Waals surface area (Å²) in [7, 11) is 1.51. The van der Waals surface area contributed by atoms with Gasteiger partial charge in [0.05, 0.1) is 30.3 Å². The van der Waals surface area contributed by atoms with Gasteiger partial charge in [-0.25, -0.2) is 15.1 Å². The maximum Gasteiger partial charge on any atom is 0.338 e. The fourth-order valence-corrected chi connectivity index (χ4v) is 3.56. The maximum atomic E-state index is 12.8. The molecule has 3 aromatic rings. The molecule has 37 heavy (non-hydrogen) atoms. The van der Waals surface area contributed by atoms with Gasteiger partial charge in [-0.2, -0.15) is 0 Å². The Hall–Kier alpha value is -4.90.